The van der Waals surface area contributed by atoms with Crippen molar-refractivity contribution in [2.45, 2.75) is 26.8 Å². The number of rotatable bonds is 7. The van der Waals surface area contributed by atoms with Gasteiger partial charge in [-0.3, -0.25) is 9.59 Å². The number of carbonyl (C=O) groups excluding carboxylic acids is 2. The molecule has 0 aromatic carbocycles. The number of aromatic nitrogens is 2. The summed E-state index contributed by atoms with van der Waals surface area (Å²) in [7, 11) is 0. The fourth-order valence-corrected chi connectivity index (χ4v) is 1.92. The van der Waals surface area contributed by atoms with E-state index in [1.807, 2.05) is 0 Å². The average molecular weight is 304 g/mol. The summed E-state index contributed by atoms with van der Waals surface area (Å²) in [4.78, 5) is 23.5. The summed E-state index contributed by atoms with van der Waals surface area (Å²) >= 11 is 0. The summed E-state index contributed by atoms with van der Waals surface area (Å²) in [6.07, 6.45) is 3.26. The van der Waals surface area contributed by atoms with E-state index in [9.17, 15) is 9.59 Å². The van der Waals surface area contributed by atoms with Crippen LogP contribution in [-0.4, -0.2) is 28.1 Å². The van der Waals surface area contributed by atoms with Gasteiger partial charge in [0.1, 0.15) is 5.82 Å². The summed E-state index contributed by atoms with van der Waals surface area (Å²) in [5.74, 6) is 0.822. The second-order valence-electron chi connectivity index (χ2n) is 5.32. The molecular weight excluding hydrogens is 284 g/mol. The summed E-state index contributed by atoms with van der Waals surface area (Å²) < 4.78 is 6.72. The van der Waals surface area contributed by atoms with Gasteiger partial charge in [0.2, 0.25) is 5.91 Å². The zero-order chi connectivity index (χ0) is 15.9. The van der Waals surface area contributed by atoms with E-state index in [-0.39, 0.29) is 30.5 Å². The monoisotopic (exact) mass is 304 g/mol. The van der Waals surface area contributed by atoms with Gasteiger partial charge in [0, 0.05) is 25.6 Å². The van der Waals surface area contributed by atoms with Gasteiger partial charge in [0.05, 0.1) is 12.5 Å². The van der Waals surface area contributed by atoms with Crippen molar-refractivity contribution >= 4 is 17.6 Å². The molecule has 2 aromatic heterocycles. The predicted octanol–water partition coefficient (Wildman–Crippen LogP) is 1.89. The Morgan fingerprint density at radius 2 is 2.18 bits per heavy atom. The van der Waals surface area contributed by atoms with Crippen LogP contribution in [0.4, 0.5) is 5.82 Å². The van der Waals surface area contributed by atoms with Crippen LogP contribution in [0.2, 0.25) is 0 Å². The lowest BCUT2D eigenvalue weighted by Crippen LogP contribution is -2.27. The van der Waals surface area contributed by atoms with Crippen LogP contribution in [0.15, 0.2) is 35.1 Å². The molecule has 118 valence electrons. The van der Waals surface area contributed by atoms with Crippen LogP contribution in [0.25, 0.3) is 0 Å². The summed E-state index contributed by atoms with van der Waals surface area (Å²) in [5.41, 5.74) is 0. The van der Waals surface area contributed by atoms with Gasteiger partial charge in [-0.15, -0.1) is 0 Å². The Bertz CT molecular complexity index is 617. The first-order valence-corrected chi connectivity index (χ1v) is 7.19. The van der Waals surface area contributed by atoms with E-state index in [4.69, 9.17) is 4.42 Å². The van der Waals surface area contributed by atoms with Crippen molar-refractivity contribution in [1.29, 1.82) is 0 Å². The predicted molar refractivity (Wildman–Crippen MR) is 81.4 cm³/mol. The molecule has 2 rings (SSSR count). The van der Waals surface area contributed by atoms with E-state index in [0.717, 1.165) is 6.54 Å². The van der Waals surface area contributed by atoms with Crippen LogP contribution in [-0.2, 0) is 11.3 Å². The van der Waals surface area contributed by atoms with Crippen molar-refractivity contribution in [2.24, 2.45) is 5.92 Å². The second-order valence-corrected chi connectivity index (χ2v) is 5.32. The Hall–Kier alpha value is -2.57. The molecule has 7 nitrogen and oxygen atoms in total. The van der Waals surface area contributed by atoms with E-state index in [2.05, 4.69) is 29.6 Å². The number of amides is 2. The van der Waals surface area contributed by atoms with E-state index >= 15 is 0 Å². The maximum absolute atomic E-state index is 11.9. The molecule has 0 unspecified atom stereocenters. The molecule has 0 saturated heterocycles. The zero-order valence-corrected chi connectivity index (χ0v) is 12.7. The number of hydrogen-bond acceptors (Lipinski definition) is 4. The molecular formula is C15H20N4O3. The Morgan fingerprint density at radius 3 is 2.86 bits per heavy atom. The molecule has 0 spiro atoms. The Balaban J connectivity index is 1.76. The fraction of sp³-hybridized carbons (Fsp3) is 0.400. The summed E-state index contributed by atoms with van der Waals surface area (Å²) in [5, 5.41) is 9.59. The molecule has 0 aliphatic carbocycles. The van der Waals surface area contributed by atoms with Gasteiger partial charge in [-0.2, -0.15) is 5.10 Å². The van der Waals surface area contributed by atoms with E-state index in [0.29, 0.717) is 11.7 Å². The SMILES string of the molecule is CC(C)Cn1nccc1NC(=O)CCNC(=O)c1ccco1. The largest absolute Gasteiger partial charge is 0.459 e. The van der Waals surface area contributed by atoms with E-state index < -0.39 is 0 Å². The van der Waals surface area contributed by atoms with Crippen LogP contribution in [0.3, 0.4) is 0 Å². The molecule has 0 aliphatic heterocycles. The molecule has 2 amide bonds. The van der Waals surface area contributed by atoms with Crippen molar-refractivity contribution in [1.82, 2.24) is 15.1 Å². The van der Waals surface area contributed by atoms with Crippen molar-refractivity contribution in [2.75, 3.05) is 11.9 Å². The highest BCUT2D eigenvalue weighted by Gasteiger charge is 2.11. The first-order valence-electron chi connectivity index (χ1n) is 7.19. The molecule has 0 saturated carbocycles. The van der Waals surface area contributed by atoms with Crippen LogP contribution in [0.5, 0.6) is 0 Å². The smallest absolute Gasteiger partial charge is 0.286 e. The molecule has 0 atom stereocenters. The topological polar surface area (TPSA) is 89.2 Å². The Morgan fingerprint density at radius 1 is 1.36 bits per heavy atom. The van der Waals surface area contributed by atoms with Gasteiger partial charge >= 0.3 is 0 Å². The average Bonchev–Trinajstić information content (AvgIpc) is 3.10. The quantitative estimate of drug-likeness (QED) is 0.817. The van der Waals surface area contributed by atoms with Gasteiger partial charge in [-0.1, -0.05) is 13.8 Å². The van der Waals surface area contributed by atoms with Crippen LogP contribution >= 0.6 is 0 Å². The van der Waals surface area contributed by atoms with Crippen molar-refractivity contribution in [3.63, 3.8) is 0 Å². The van der Waals surface area contributed by atoms with Crippen LogP contribution in [0.1, 0.15) is 30.8 Å². The minimum Gasteiger partial charge on any atom is -0.459 e. The molecule has 0 fully saturated rings. The van der Waals surface area contributed by atoms with Gasteiger partial charge in [0.25, 0.3) is 5.91 Å². The first-order chi connectivity index (χ1) is 10.6. The number of anilines is 1. The maximum atomic E-state index is 11.9. The van der Waals surface area contributed by atoms with Gasteiger partial charge in [-0.25, -0.2) is 4.68 Å². The highest BCUT2D eigenvalue weighted by Crippen LogP contribution is 2.09. The fourth-order valence-electron chi connectivity index (χ4n) is 1.92. The summed E-state index contributed by atoms with van der Waals surface area (Å²) in [6.45, 7) is 5.14. The van der Waals surface area contributed by atoms with Crippen molar-refractivity contribution in [3.8, 4) is 0 Å². The molecule has 0 bridgehead atoms. The van der Waals surface area contributed by atoms with Crippen LogP contribution < -0.4 is 10.6 Å². The third-order valence-corrected chi connectivity index (χ3v) is 2.90. The zero-order valence-electron chi connectivity index (χ0n) is 12.7. The van der Waals surface area contributed by atoms with Crippen LogP contribution in [0, 0.1) is 5.92 Å². The third-order valence-electron chi connectivity index (χ3n) is 2.90. The number of hydrogen-bond donors (Lipinski definition) is 2. The lowest BCUT2D eigenvalue weighted by molar-refractivity contribution is -0.116. The second kappa shape index (κ2) is 7.44. The number of nitrogens with one attached hydrogen (secondary N) is 2. The third kappa shape index (κ3) is 4.47. The molecule has 2 aromatic rings. The first kappa shape index (κ1) is 15.8. The van der Waals surface area contributed by atoms with Crippen molar-refractivity contribution in [3.05, 3.63) is 36.4 Å². The van der Waals surface area contributed by atoms with E-state index in [1.165, 1.54) is 6.26 Å². The number of carbonyl (C=O) groups is 2. The lowest BCUT2D eigenvalue weighted by atomic mass is 10.2. The lowest BCUT2D eigenvalue weighted by Gasteiger charge is -2.11. The molecule has 2 N–H and O–H groups in total. The normalized spacial score (nSPS) is 10.7. The molecule has 0 radical (unpaired) electrons. The minimum atomic E-state index is -0.331. The number of furan rings is 1. The highest BCUT2D eigenvalue weighted by molar-refractivity contribution is 5.93. The maximum Gasteiger partial charge on any atom is 0.286 e. The molecule has 22 heavy (non-hydrogen) atoms. The van der Waals surface area contributed by atoms with E-state index in [1.54, 1.807) is 29.1 Å². The van der Waals surface area contributed by atoms with Gasteiger partial charge < -0.3 is 15.1 Å². The molecule has 2 heterocycles. The van der Waals surface area contributed by atoms with Gasteiger partial charge in [0.15, 0.2) is 5.76 Å². The highest BCUT2D eigenvalue weighted by atomic mass is 16.3. The minimum absolute atomic E-state index is 0.176. The van der Waals surface area contributed by atoms with Gasteiger partial charge in [-0.05, 0) is 18.1 Å². The Kier molecular flexibility index (Phi) is 5.35. The standard InChI is InChI=1S/C15H20N4O3/c1-11(2)10-19-13(5-8-17-19)18-14(20)6-7-16-15(21)12-4-3-9-22-12/h3-5,8-9,11H,6-7,10H2,1-2H3,(H,16,21)(H,18,20). The Labute approximate surface area is 128 Å². The molecule has 7 heteroatoms. The summed E-state index contributed by atoms with van der Waals surface area (Å²) in [6, 6.07) is 4.96. The molecule has 0 aliphatic rings. The number of nitrogens with zero attached hydrogens (tertiary/aromatic N) is 2. The van der Waals surface area contributed by atoms with Crippen molar-refractivity contribution < 1.29 is 14.0 Å².